The molecule has 0 spiro atoms. The van der Waals surface area contributed by atoms with Gasteiger partial charge in [-0.25, -0.2) is 8.42 Å². The third kappa shape index (κ3) is 3.94. The molecule has 2 heterocycles. The first-order valence-corrected chi connectivity index (χ1v) is 11.3. The van der Waals surface area contributed by atoms with Crippen molar-refractivity contribution in [3.8, 4) is 11.5 Å². The van der Waals surface area contributed by atoms with E-state index in [0.29, 0.717) is 22.4 Å². The van der Waals surface area contributed by atoms with Crippen LogP contribution in [0.5, 0.6) is 11.5 Å². The Labute approximate surface area is 164 Å². The van der Waals surface area contributed by atoms with Gasteiger partial charge in [0.15, 0.2) is 15.0 Å². The molecule has 0 bridgehead atoms. The van der Waals surface area contributed by atoms with Crippen molar-refractivity contribution in [2.45, 2.75) is 32.1 Å². The SMILES string of the molecule is COc1ccc(N2C(=NC(=O)C(C)(C)C)S[C@@H]3CS(=O)(=O)C[C@H]32)c(OC)c1. The lowest BCUT2D eigenvalue weighted by Crippen LogP contribution is -2.38. The topological polar surface area (TPSA) is 85.3 Å². The molecule has 2 aliphatic heterocycles. The van der Waals surface area contributed by atoms with Gasteiger partial charge in [0.2, 0.25) is 0 Å². The Hall–Kier alpha value is -1.74. The molecule has 0 aliphatic carbocycles. The molecule has 9 heteroatoms. The molecule has 0 radical (unpaired) electrons. The minimum atomic E-state index is -3.13. The monoisotopic (exact) mass is 412 g/mol. The van der Waals surface area contributed by atoms with Crippen LogP contribution in [0.2, 0.25) is 0 Å². The standard InChI is InChI=1S/C18H24N2O5S2/c1-18(2,3)16(21)19-17-20(13-9-27(22,23)10-15(13)26-17)12-7-6-11(24-4)8-14(12)25-5/h6-8,13,15H,9-10H2,1-5H3/t13-,15-/m1/s1. The van der Waals surface area contributed by atoms with E-state index in [2.05, 4.69) is 4.99 Å². The summed E-state index contributed by atoms with van der Waals surface area (Å²) in [5, 5.41) is 0.358. The van der Waals surface area contributed by atoms with Gasteiger partial charge in [-0.2, -0.15) is 4.99 Å². The summed E-state index contributed by atoms with van der Waals surface area (Å²) >= 11 is 1.35. The van der Waals surface area contributed by atoms with Gasteiger partial charge < -0.3 is 14.4 Å². The van der Waals surface area contributed by atoms with Crippen LogP contribution in [0.4, 0.5) is 5.69 Å². The van der Waals surface area contributed by atoms with E-state index < -0.39 is 15.3 Å². The summed E-state index contributed by atoms with van der Waals surface area (Å²) in [6.45, 7) is 5.42. The second kappa shape index (κ2) is 7.01. The van der Waals surface area contributed by atoms with Gasteiger partial charge in [0.05, 0.1) is 37.5 Å². The molecule has 2 atom stereocenters. The number of aliphatic imine (C=N–C) groups is 1. The first-order chi connectivity index (χ1) is 12.6. The smallest absolute Gasteiger partial charge is 0.253 e. The Kier molecular flexibility index (Phi) is 5.20. The number of amidine groups is 1. The van der Waals surface area contributed by atoms with Gasteiger partial charge in [-0.3, -0.25) is 4.79 Å². The summed E-state index contributed by atoms with van der Waals surface area (Å²) < 4.78 is 35.1. The maximum absolute atomic E-state index is 12.5. The van der Waals surface area contributed by atoms with E-state index in [9.17, 15) is 13.2 Å². The van der Waals surface area contributed by atoms with Gasteiger partial charge in [0, 0.05) is 16.7 Å². The Morgan fingerprint density at radius 1 is 1.22 bits per heavy atom. The van der Waals surface area contributed by atoms with E-state index in [0.717, 1.165) is 0 Å². The predicted molar refractivity (Wildman–Crippen MR) is 108 cm³/mol. The third-order valence-corrected chi connectivity index (χ3v) is 7.76. The molecule has 0 aromatic heterocycles. The lowest BCUT2D eigenvalue weighted by molar-refractivity contribution is -0.124. The zero-order chi connectivity index (χ0) is 20.0. The molecule has 0 unspecified atom stereocenters. The van der Waals surface area contributed by atoms with Gasteiger partial charge in [-0.05, 0) is 12.1 Å². The number of anilines is 1. The van der Waals surface area contributed by atoms with Crippen molar-refractivity contribution in [1.29, 1.82) is 0 Å². The molecule has 7 nitrogen and oxygen atoms in total. The molecular formula is C18H24N2O5S2. The lowest BCUT2D eigenvalue weighted by Gasteiger charge is -2.27. The summed E-state index contributed by atoms with van der Waals surface area (Å²) in [7, 11) is -0.0198. The van der Waals surface area contributed by atoms with Crippen LogP contribution in [-0.2, 0) is 14.6 Å². The second-order valence-corrected chi connectivity index (χ2v) is 11.0. The average Bonchev–Trinajstić information content (AvgIpc) is 3.04. The van der Waals surface area contributed by atoms with Crippen molar-refractivity contribution in [1.82, 2.24) is 0 Å². The fourth-order valence-electron chi connectivity index (χ4n) is 3.08. The number of carbonyl (C=O) groups excluding carboxylic acids is 1. The number of sulfone groups is 1. The second-order valence-electron chi connectivity index (χ2n) is 7.66. The number of rotatable bonds is 3. The highest BCUT2D eigenvalue weighted by molar-refractivity contribution is 8.16. The number of carbonyl (C=O) groups is 1. The Morgan fingerprint density at radius 2 is 1.93 bits per heavy atom. The molecule has 1 aromatic rings. The van der Waals surface area contributed by atoms with Crippen LogP contribution >= 0.6 is 11.8 Å². The molecule has 3 rings (SSSR count). The van der Waals surface area contributed by atoms with E-state index >= 15 is 0 Å². The summed E-state index contributed by atoms with van der Waals surface area (Å²) in [5.74, 6) is 1.03. The number of amides is 1. The Balaban J connectivity index is 2.09. The van der Waals surface area contributed by atoms with E-state index in [1.165, 1.54) is 11.8 Å². The van der Waals surface area contributed by atoms with Gasteiger partial charge in [0.25, 0.3) is 5.91 Å². The summed E-state index contributed by atoms with van der Waals surface area (Å²) in [6, 6.07) is 5.04. The molecule has 148 valence electrons. The highest BCUT2D eigenvalue weighted by atomic mass is 32.2. The summed E-state index contributed by atoms with van der Waals surface area (Å²) in [5.41, 5.74) is 0.0587. The van der Waals surface area contributed by atoms with E-state index in [1.807, 2.05) is 31.7 Å². The summed E-state index contributed by atoms with van der Waals surface area (Å²) in [4.78, 5) is 18.7. The number of thioether (sulfide) groups is 1. The highest BCUT2D eigenvalue weighted by Crippen LogP contribution is 2.45. The fraction of sp³-hybridized carbons (Fsp3) is 0.556. The minimum Gasteiger partial charge on any atom is -0.497 e. The van der Waals surface area contributed by atoms with Crippen LogP contribution in [0.1, 0.15) is 20.8 Å². The van der Waals surface area contributed by atoms with Gasteiger partial charge >= 0.3 is 0 Å². The normalized spacial score (nSPS) is 25.5. The van der Waals surface area contributed by atoms with Crippen LogP contribution in [0.3, 0.4) is 0 Å². The number of benzene rings is 1. The zero-order valence-electron chi connectivity index (χ0n) is 16.1. The van der Waals surface area contributed by atoms with Crippen molar-refractivity contribution in [3.63, 3.8) is 0 Å². The lowest BCUT2D eigenvalue weighted by atomic mass is 9.96. The van der Waals surface area contributed by atoms with Crippen molar-refractivity contribution in [3.05, 3.63) is 18.2 Å². The van der Waals surface area contributed by atoms with Crippen molar-refractivity contribution in [2.75, 3.05) is 30.6 Å². The zero-order valence-corrected chi connectivity index (χ0v) is 17.7. The molecule has 0 N–H and O–H groups in total. The van der Waals surface area contributed by atoms with Crippen LogP contribution in [0.15, 0.2) is 23.2 Å². The van der Waals surface area contributed by atoms with Crippen molar-refractivity contribution in [2.24, 2.45) is 10.4 Å². The summed E-state index contributed by atoms with van der Waals surface area (Å²) in [6.07, 6.45) is 0. The fourth-order valence-corrected chi connectivity index (χ4v) is 6.99. The largest absolute Gasteiger partial charge is 0.497 e. The number of ether oxygens (including phenoxy) is 2. The molecule has 1 aromatic carbocycles. The number of hydrogen-bond acceptors (Lipinski definition) is 6. The number of nitrogens with zero attached hydrogens (tertiary/aromatic N) is 2. The molecule has 2 aliphatic rings. The van der Waals surface area contributed by atoms with E-state index in [-0.39, 0.29) is 28.7 Å². The molecular weight excluding hydrogens is 388 g/mol. The Bertz CT molecular complexity index is 890. The van der Waals surface area contributed by atoms with Gasteiger partial charge in [0.1, 0.15) is 11.5 Å². The maximum Gasteiger partial charge on any atom is 0.253 e. The Morgan fingerprint density at radius 3 is 2.52 bits per heavy atom. The molecule has 0 saturated carbocycles. The average molecular weight is 413 g/mol. The third-order valence-electron chi connectivity index (χ3n) is 4.55. The quantitative estimate of drug-likeness (QED) is 0.753. The predicted octanol–water partition coefficient (Wildman–Crippen LogP) is 2.35. The van der Waals surface area contributed by atoms with Gasteiger partial charge in [-0.1, -0.05) is 32.5 Å². The molecule has 2 fully saturated rings. The van der Waals surface area contributed by atoms with Crippen LogP contribution in [-0.4, -0.2) is 56.5 Å². The van der Waals surface area contributed by atoms with Crippen molar-refractivity contribution < 1.29 is 22.7 Å². The molecule has 27 heavy (non-hydrogen) atoms. The first-order valence-electron chi connectivity index (χ1n) is 8.57. The van der Waals surface area contributed by atoms with Crippen LogP contribution < -0.4 is 14.4 Å². The highest BCUT2D eigenvalue weighted by Gasteiger charge is 2.50. The van der Waals surface area contributed by atoms with E-state index in [1.54, 1.807) is 26.4 Å². The number of methoxy groups -OCH3 is 2. The number of fused-ring (bicyclic) bond motifs is 1. The van der Waals surface area contributed by atoms with Gasteiger partial charge in [-0.15, -0.1) is 0 Å². The molecule has 1 amide bonds. The number of hydrogen-bond donors (Lipinski definition) is 0. The van der Waals surface area contributed by atoms with Crippen LogP contribution in [0, 0.1) is 5.41 Å². The minimum absolute atomic E-state index is 0.0303. The maximum atomic E-state index is 12.5. The first kappa shape index (κ1) is 20.0. The van der Waals surface area contributed by atoms with E-state index in [4.69, 9.17) is 9.47 Å². The van der Waals surface area contributed by atoms with Crippen LogP contribution in [0.25, 0.3) is 0 Å². The van der Waals surface area contributed by atoms with Crippen molar-refractivity contribution >= 4 is 38.4 Å². The molecule has 2 saturated heterocycles.